The van der Waals surface area contributed by atoms with E-state index in [-0.39, 0.29) is 5.92 Å². The number of hydrogen-bond donors (Lipinski definition) is 0. The molecule has 6 heteroatoms. The van der Waals surface area contributed by atoms with Gasteiger partial charge < -0.3 is 19.1 Å². The summed E-state index contributed by atoms with van der Waals surface area (Å²) in [6.45, 7) is 9.48. The first-order valence-corrected chi connectivity index (χ1v) is 12.8. The Hall–Kier alpha value is -3.54. The highest BCUT2D eigenvalue weighted by Crippen LogP contribution is 2.30. The fraction of sp³-hybridized carbons (Fsp3) is 0.379. The molecular formula is C29H33N5O. The minimum Gasteiger partial charge on any atom is -0.368 e. The number of nitrogens with zero attached hydrogens (tertiary/aromatic N) is 5. The van der Waals surface area contributed by atoms with Gasteiger partial charge in [0.15, 0.2) is 5.82 Å². The first-order chi connectivity index (χ1) is 17.1. The highest BCUT2D eigenvalue weighted by molar-refractivity contribution is 5.85. The fourth-order valence-electron chi connectivity index (χ4n) is 5.76. The van der Waals surface area contributed by atoms with E-state index in [1.807, 2.05) is 6.07 Å². The molecule has 0 spiro atoms. The Morgan fingerprint density at radius 3 is 2.37 bits per heavy atom. The van der Waals surface area contributed by atoms with Gasteiger partial charge in [-0.3, -0.25) is 4.79 Å². The lowest BCUT2D eigenvalue weighted by Gasteiger charge is -2.40. The van der Waals surface area contributed by atoms with Crippen molar-refractivity contribution in [3.8, 4) is 0 Å². The molecule has 2 aliphatic heterocycles. The predicted octanol–water partition coefficient (Wildman–Crippen LogP) is 4.67. The third-order valence-electron chi connectivity index (χ3n) is 7.79. The third kappa shape index (κ3) is 4.01. The third-order valence-corrected chi connectivity index (χ3v) is 7.79. The van der Waals surface area contributed by atoms with Crippen LogP contribution in [0, 0.1) is 19.8 Å². The molecule has 0 N–H and O–H groups in total. The summed E-state index contributed by atoms with van der Waals surface area (Å²) in [7, 11) is 0. The molecule has 0 aliphatic carbocycles. The van der Waals surface area contributed by atoms with Crippen LogP contribution in [0.5, 0.6) is 0 Å². The van der Waals surface area contributed by atoms with Crippen LogP contribution in [-0.2, 0) is 4.79 Å². The van der Waals surface area contributed by atoms with E-state index in [0.717, 1.165) is 74.5 Å². The van der Waals surface area contributed by atoms with Gasteiger partial charge in [-0.05, 0) is 68.1 Å². The Balaban J connectivity index is 1.11. The second-order valence-corrected chi connectivity index (χ2v) is 10.1. The number of carbonyl (C=O) groups excluding carboxylic acids is 1. The summed E-state index contributed by atoms with van der Waals surface area (Å²) in [6.07, 6.45) is 3.88. The van der Waals surface area contributed by atoms with Gasteiger partial charge in [0.2, 0.25) is 5.91 Å². The molecule has 0 radical (unpaired) electrons. The van der Waals surface area contributed by atoms with E-state index < -0.39 is 0 Å². The summed E-state index contributed by atoms with van der Waals surface area (Å²) in [5.41, 5.74) is 7.17. The number of benzene rings is 2. The standard InChI is InChI=1S/C29H33N5O/c1-21-9-10-22(2)27(20-21)31-16-18-33(19-17-31)29(35)23-11-14-32(15-12-23)28-26-8-5-13-34(26)25-7-4-3-6-24(25)30-28/h3-10,13,20,23H,11-12,14-19H2,1-2H3. The number of fused-ring (bicyclic) bond motifs is 3. The maximum absolute atomic E-state index is 13.4. The summed E-state index contributed by atoms with van der Waals surface area (Å²) in [4.78, 5) is 25.3. The number of amides is 1. The lowest BCUT2D eigenvalue weighted by atomic mass is 9.95. The summed E-state index contributed by atoms with van der Waals surface area (Å²) in [5, 5.41) is 0. The number of hydrogen-bond acceptors (Lipinski definition) is 4. The van der Waals surface area contributed by atoms with Crippen molar-refractivity contribution >= 4 is 34.0 Å². The minimum absolute atomic E-state index is 0.113. The highest BCUT2D eigenvalue weighted by Gasteiger charge is 2.31. The monoisotopic (exact) mass is 467 g/mol. The van der Waals surface area contributed by atoms with Crippen molar-refractivity contribution in [3.63, 3.8) is 0 Å². The summed E-state index contributed by atoms with van der Waals surface area (Å²) in [6, 6.07) is 19.1. The molecule has 2 aromatic heterocycles. The van der Waals surface area contributed by atoms with Gasteiger partial charge in [-0.25, -0.2) is 4.98 Å². The maximum atomic E-state index is 13.4. The lowest BCUT2D eigenvalue weighted by molar-refractivity contribution is -0.136. The molecule has 2 fully saturated rings. The van der Waals surface area contributed by atoms with E-state index in [0.29, 0.717) is 5.91 Å². The average Bonchev–Trinajstić information content (AvgIpc) is 3.40. The van der Waals surface area contributed by atoms with Crippen LogP contribution in [0.1, 0.15) is 24.0 Å². The normalized spacial score (nSPS) is 17.5. The van der Waals surface area contributed by atoms with Crippen molar-refractivity contribution in [3.05, 3.63) is 71.9 Å². The van der Waals surface area contributed by atoms with Gasteiger partial charge in [0.25, 0.3) is 0 Å². The van der Waals surface area contributed by atoms with E-state index in [1.165, 1.54) is 16.8 Å². The number of rotatable bonds is 3. The Kier molecular flexibility index (Phi) is 5.59. The quantitative estimate of drug-likeness (QED) is 0.439. The average molecular weight is 468 g/mol. The Morgan fingerprint density at radius 1 is 0.829 bits per heavy atom. The van der Waals surface area contributed by atoms with Crippen molar-refractivity contribution < 1.29 is 4.79 Å². The van der Waals surface area contributed by atoms with Crippen LogP contribution in [0.15, 0.2) is 60.8 Å². The Morgan fingerprint density at radius 2 is 1.57 bits per heavy atom. The Labute approximate surface area is 206 Å². The number of para-hydroxylation sites is 2. The number of anilines is 2. The number of aryl methyl sites for hydroxylation is 2. The fourth-order valence-corrected chi connectivity index (χ4v) is 5.76. The van der Waals surface area contributed by atoms with Crippen molar-refractivity contribution in [2.45, 2.75) is 26.7 Å². The molecule has 1 amide bonds. The molecule has 2 aliphatic rings. The topological polar surface area (TPSA) is 44.1 Å². The molecule has 0 saturated carbocycles. The highest BCUT2D eigenvalue weighted by atomic mass is 16.2. The van der Waals surface area contributed by atoms with Crippen molar-refractivity contribution in [1.82, 2.24) is 14.3 Å². The van der Waals surface area contributed by atoms with Gasteiger partial charge in [0.1, 0.15) is 0 Å². The zero-order chi connectivity index (χ0) is 23.9. The van der Waals surface area contributed by atoms with Crippen LogP contribution in [0.25, 0.3) is 16.6 Å². The van der Waals surface area contributed by atoms with Gasteiger partial charge in [-0.2, -0.15) is 0 Å². The molecule has 180 valence electrons. The van der Waals surface area contributed by atoms with Crippen molar-refractivity contribution in [2.24, 2.45) is 5.92 Å². The van der Waals surface area contributed by atoms with Crippen LogP contribution in [0.3, 0.4) is 0 Å². The Bertz CT molecular complexity index is 1380. The SMILES string of the molecule is Cc1ccc(C)c(N2CCN(C(=O)C3CCN(c4nc5ccccc5n5cccc45)CC3)CC2)c1. The van der Waals surface area contributed by atoms with Gasteiger partial charge in [0.05, 0.1) is 16.6 Å². The maximum Gasteiger partial charge on any atom is 0.225 e. The zero-order valence-corrected chi connectivity index (χ0v) is 20.7. The van der Waals surface area contributed by atoms with E-state index in [2.05, 4.69) is 87.7 Å². The van der Waals surface area contributed by atoms with E-state index >= 15 is 0 Å². The second kappa shape index (κ2) is 8.91. The first kappa shape index (κ1) is 22.0. The van der Waals surface area contributed by atoms with Crippen LogP contribution in [0.4, 0.5) is 11.5 Å². The summed E-state index contributed by atoms with van der Waals surface area (Å²) in [5.74, 6) is 1.48. The van der Waals surface area contributed by atoms with E-state index in [9.17, 15) is 4.79 Å². The van der Waals surface area contributed by atoms with Gasteiger partial charge >= 0.3 is 0 Å². The number of piperidine rings is 1. The number of aromatic nitrogens is 2. The first-order valence-electron chi connectivity index (χ1n) is 12.8. The second-order valence-electron chi connectivity index (χ2n) is 10.1. The predicted molar refractivity (Wildman–Crippen MR) is 142 cm³/mol. The summed E-state index contributed by atoms with van der Waals surface area (Å²) >= 11 is 0. The molecule has 6 nitrogen and oxygen atoms in total. The largest absolute Gasteiger partial charge is 0.368 e. The molecule has 6 rings (SSSR count). The van der Waals surface area contributed by atoms with Gasteiger partial charge in [-0.15, -0.1) is 0 Å². The van der Waals surface area contributed by atoms with Crippen molar-refractivity contribution in [2.75, 3.05) is 49.1 Å². The van der Waals surface area contributed by atoms with Crippen LogP contribution < -0.4 is 9.80 Å². The van der Waals surface area contributed by atoms with Crippen LogP contribution >= 0.6 is 0 Å². The smallest absolute Gasteiger partial charge is 0.225 e. The number of carbonyl (C=O) groups is 1. The summed E-state index contributed by atoms with van der Waals surface area (Å²) < 4.78 is 2.23. The molecule has 2 aromatic carbocycles. The molecule has 2 saturated heterocycles. The van der Waals surface area contributed by atoms with E-state index in [1.54, 1.807) is 0 Å². The number of piperazine rings is 1. The molecule has 4 aromatic rings. The van der Waals surface area contributed by atoms with Crippen LogP contribution in [0.2, 0.25) is 0 Å². The molecule has 4 heterocycles. The van der Waals surface area contributed by atoms with Crippen LogP contribution in [-0.4, -0.2) is 59.5 Å². The zero-order valence-electron chi connectivity index (χ0n) is 20.7. The van der Waals surface area contributed by atoms with Crippen molar-refractivity contribution in [1.29, 1.82) is 0 Å². The van der Waals surface area contributed by atoms with Gasteiger partial charge in [0, 0.05) is 57.1 Å². The minimum atomic E-state index is 0.113. The molecule has 0 bridgehead atoms. The molecule has 35 heavy (non-hydrogen) atoms. The molecule has 0 unspecified atom stereocenters. The lowest BCUT2D eigenvalue weighted by Crippen LogP contribution is -2.52. The van der Waals surface area contributed by atoms with Gasteiger partial charge in [-0.1, -0.05) is 24.3 Å². The molecular weight excluding hydrogens is 434 g/mol. The molecule has 0 atom stereocenters. The van der Waals surface area contributed by atoms with E-state index in [4.69, 9.17) is 4.98 Å².